The summed E-state index contributed by atoms with van der Waals surface area (Å²) in [5.41, 5.74) is 0.502. The predicted molar refractivity (Wildman–Crippen MR) is 124 cm³/mol. The third kappa shape index (κ3) is 4.58. The summed E-state index contributed by atoms with van der Waals surface area (Å²) in [6.07, 6.45) is 2.72. The van der Waals surface area contributed by atoms with Crippen LogP contribution in [0.15, 0.2) is 65.5 Å². The highest BCUT2D eigenvalue weighted by Gasteiger charge is 2.27. The highest BCUT2D eigenvalue weighted by molar-refractivity contribution is 9.10. The van der Waals surface area contributed by atoms with Gasteiger partial charge < -0.3 is 14.8 Å². The fourth-order valence-electron chi connectivity index (χ4n) is 3.10. The lowest BCUT2D eigenvalue weighted by Gasteiger charge is -2.12. The zero-order valence-electron chi connectivity index (χ0n) is 17.2. The average molecular weight is 510 g/mol. The summed E-state index contributed by atoms with van der Waals surface area (Å²) in [5.74, 6) is -0.703. The number of hydrogen-bond donors (Lipinski definition) is 1. The summed E-state index contributed by atoms with van der Waals surface area (Å²) in [6.45, 7) is 1.88. The Bertz CT molecular complexity index is 1360. The van der Waals surface area contributed by atoms with E-state index in [1.165, 1.54) is 0 Å². The highest BCUT2D eigenvalue weighted by Crippen LogP contribution is 2.38. The molecule has 4 aromatic rings. The Morgan fingerprint density at radius 3 is 2.73 bits per heavy atom. The fraction of sp³-hybridized carbons (Fsp3) is 0.0909. The van der Waals surface area contributed by atoms with Gasteiger partial charge in [-0.25, -0.2) is 9.78 Å². The minimum absolute atomic E-state index is 0.142. The van der Waals surface area contributed by atoms with Gasteiger partial charge in [-0.05, 0) is 37.3 Å². The summed E-state index contributed by atoms with van der Waals surface area (Å²) >= 11 is 3.46. The zero-order valence-corrected chi connectivity index (χ0v) is 18.8. The molecule has 0 aliphatic heterocycles. The number of halogens is 1. The standard InChI is InChI=1S/C22H16BrN5O5/c1-2-32-22(29)14-6-3-4-8-16(14)27-20-19(28(30)31)21(26-12-25-20)33-17-10-9-15(23)13-7-5-11-24-18(13)17/h3-12H,2H2,1H3,(H,25,26,27). The van der Waals surface area contributed by atoms with Crippen molar-refractivity contribution in [1.29, 1.82) is 0 Å². The van der Waals surface area contributed by atoms with Gasteiger partial charge in [-0.1, -0.05) is 34.1 Å². The molecule has 0 aliphatic rings. The van der Waals surface area contributed by atoms with Crippen LogP contribution in [0.4, 0.5) is 17.2 Å². The van der Waals surface area contributed by atoms with Gasteiger partial charge in [0.05, 0.1) is 22.8 Å². The molecular weight excluding hydrogens is 494 g/mol. The van der Waals surface area contributed by atoms with Crippen molar-refractivity contribution in [2.24, 2.45) is 0 Å². The summed E-state index contributed by atoms with van der Waals surface area (Å²) in [4.78, 5) is 35.9. The SMILES string of the molecule is CCOC(=O)c1ccccc1Nc1ncnc(Oc2ccc(Br)c3cccnc23)c1[N+](=O)[O-]. The first-order chi connectivity index (χ1) is 16.0. The number of rotatable bonds is 7. The number of benzene rings is 2. The van der Waals surface area contributed by atoms with Gasteiger partial charge in [-0.15, -0.1) is 0 Å². The van der Waals surface area contributed by atoms with E-state index >= 15 is 0 Å². The number of pyridine rings is 1. The number of esters is 1. The molecule has 0 unspecified atom stereocenters. The van der Waals surface area contributed by atoms with Gasteiger partial charge in [0.25, 0.3) is 0 Å². The van der Waals surface area contributed by atoms with Gasteiger partial charge in [0.15, 0.2) is 5.75 Å². The van der Waals surface area contributed by atoms with Crippen LogP contribution in [0.3, 0.4) is 0 Å². The van der Waals surface area contributed by atoms with Crippen LogP contribution in [0.2, 0.25) is 0 Å². The number of nitrogens with one attached hydrogen (secondary N) is 1. The lowest BCUT2D eigenvalue weighted by molar-refractivity contribution is -0.385. The van der Waals surface area contributed by atoms with Crippen molar-refractivity contribution in [3.63, 3.8) is 0 Å². The van der Waals surface area contributed by atoms with Crippen molar-refractivity contribution in [2.45, 2.75) is 6.92 Å². The molecule has 2 aromatic heterocycles. The second-order valence-corrected chi connectivity index (χ2v) is 7.43. The summed E-state index contributed by atoms with van der Waals surface area (Å²) in [7, 11) is 0. The van der Waals surface area contributed by atoms with E-state index < -0.39 is 16.6 Å². The first-order valence-electron chi connectivity index (χ1n) is 9.73. The number of nitrogens with zero attached hydrogens (tertiary/aromatic N) is 4. The van der Waals surface area contributed by atoms with E-state index in [0.717, 1.165) is 16.2 Å². The topological polar surface area (TPSA) is 129 Å². The maximum absolute atomic E-state index is 12.3. The number of fused-ring (bicyclic) bond motifs is 1. The number of carbonyl (C=O) groups is 1. The molecule has 0 bridgehead atoms. The normalized spacial score (nSPS) is 10.6. The molecular formula is C22H16BrN5O5. The van der Waals surface area contributed by atoms with E-state index in [4.69, 9.17) is 9.47 Å². The van der Waals surface area contributed by atoms with Crippen molar-refractivity contribution in [1.82, 2.24) is 15.0 Å². The Morgan fingerprint density at radius 1 is 1.12 bits per heavy atom. The minimum atomic E-state index is -0.654. The Balaban J connectivity index is 1.75. The number of ether oxygens (including phenoxy) is 2. The van der Waals surface area contributed by atoms with E-state index in [-0.39, 0.29) is 29.6 Å². The first kappa shape index (κ1) is 22.1. The Hall–Kier alpha value is -4.12. The third-order valence-electron chi connectivity index (χ3n) is 4.53. The quantitative estimate of drug-likeness (QED) is 0.197. The Morgan fingerprint density at radius 2 is 1.94 bits per heavy atom. The molecule has 0 spiro atoms. The summed E-state index contributed by atoms with van der Waals surface area (Å²) in [5, 5.41) is 15.6. The van der Waals surface area contributed by atoms with Gasteiger partial charge in [0, 0.05) is 16.1 Å². The van der Waals surface area contributed by atoms with E-state index in [9.17, 15) is 14.9 Å². The number of carbonyl (C=O) groups excluding carboxylic acids is 1. The maximum atomic E-state index is 12.3. The number of aromatic nitrogens is 3. The van der Waals surface area contributed by atoms with Crippen molar-refractivity contribution in [3.05, 3.63) is 81.2 Å². The molecule has 0 radical (unpaired) electrons. The van der Waals surface area contributed by atoms with Crippen molar-refractivity contribution in [2.75, 3.05) is 11.9 Å². The minimum Gasteiger partial charge on any atom is -0.462 e. The summed E-state index contributed by atoms with van der Waals surface area (Å²) in [6, 6.07) is 13.5. The molecule has 166 valence electrons. The number of para-hydroxylation sites is 1. The second-order valence-electron chi connectivity index (χ2n) is 6.57. The number of anilines is 2. The number of nitro groups is 1. The van der Waals surface area contributed by atoms with Crippen LogP contribution in [0.25, 0.3) is 10.9 Å². The van der Waals surface area contributed by atoms with E-state index in [1.807, 2.05) is 6.07 Å². The molecule has 0 saturated carbocycles. The maximum Gasteiger partial charge on any atom is 0.373 e. The molecule has 0 atom stereocenters. The van der Waals surface area contributed by atoms with E-state index in [0.29, 0.717) is 11.2 Å². The van der Waals surface area contributed by atoms with Crippen LogP contribution in [0, 0.1) is 10.1 Å². The molecule has 10 nitrogen and oxygen atoms in total. The van der Waals surface area contributed by atoms with Crippen LogP contribution in [0.5, 0.6) is 11.6 Å². The lowest BCUT2D eigenvalue weighted by Crippen LogP contribution is -2.09. The molecule has 33 heavy (non-hydrogen) atoms. The summed E-state index contributed by atoms with van der Waals surface area (Å²) < 4.78 is 11.7. The second kappa shape index (κ2) is 9.57. The Kier molecular flexibility index (Phi) is 6.41. The highest BCUT2D eigenvalue weighted by atomic mass is 79.9. The van der Waals surface area contributed by atoms with Gasteiger partial charge in [-0.2, -0.15) is 4.98 Å². The van der Waals surface area contributed by atoms with Crippen LogP contribution in [0.1, 0.15) is 17.3 Å². The zero-order chi connectivity index (χ0) is 23.4. The Labute approximate surface area is 195 Å². The predicted octanol–water partition coefficient (Wildman–Crippen LogP) is 5.41. The van der Waals surface area contributed by atoms with E-state index in [2.05, 4.69) is 36.2 Å². The monoisotopic (exact) mass is 509 g/mol. The van der Waals surface area contributed by atoms with Crippen LogP contribution < -0.4 is 10.1 Å². The van der Waals surface area contributed by atoms with Crippen molar-refractivity contribution in [3.8, 4) is 11.6 Å². The number of hydrogen-bond acceptors (Lipinski definition) is 9. The van der Waals surface area contributed by atoms with Gasteiger partial charge in [0.1, 0.15) is 11.8 Å². The molecule has 0 saturated heterocycles. The molecule has 4 rings (SSSR count). The lowest BCUT2D eigenvalue weighted by atomic mass is 10.2. The third-order valence-corrected chi connectivity index (χ3v) is 5.22. The van der Waals surface area contributed by atoms with Crippen LogP contribution in [-0.4, -0.2) is 32.5 Å². The molecule has 0 amide bonds. The van der Waals surface area contributed by atoms with Crippen LogP contribution in [-0.2, 0) is 4.74 Å². The van der Waals surface area contributed by atoms with Crippen molar-refractivity contribution >= 4 is 50.0 Å². The van der Waals surface area contributed by atoms with Gasteiger partial charge >= 0.3 is 17.5 Å². The van der Waals surface area contributed by atoms with E-state index in [1.54, 1.807) is 55.6 Å². The molecule has 2 heterocycles. The molecule has 1 N–H and O–H groups in total. The molecule has 11 heteroatoms. The van der Waals surface area contributed by atoms with Gasteiger partial charge in [-0.3, -0.25) is 15.1 Å². The average Bonchev–Trinajstić information content (AvgIpc) is 2.81. The largest absolute Gasteiger partial charge is 0.462 e. The smallest absolute Gasteiger partial charge is 0.373 e. The molecule has 2 aromatic carbocycles. The molecule has 0 fully saturated rings. The van der Waals surface area contributed by atoms with Crippen LogP contribution >= 0.6 is 15.9 Å². The first-order valence-corrected chi connectivity index (χ1v) is 10.5. The molecule has 0 aliphatic carbocycles. The van der Waals surface area contributed by atoms with Gasteiger partial charge in [0.2, 0.25) is 5.82 Å². The van der Waals surface area contributed by atoms with Crippen molar-refractivity contribution < 1.29 is 19.2 Å². The fourth-order valence-corrected chi connectivity index (χ4v) is 3.55.